The number of halogens is 2. The van der Waals surface area contributed by atoms with Crippen LogP contribution >= 0.6 is 0 Å². The standard InChI is InChI=1S/C8H6F2O3/c1-5(11)12-13-8-3-2-6(9)4-7(8)10/h2-4H,1H3. The SMILES string of the molecule is CC(=O)OOc1ccc(F)cc1F. The predicted molar refractivity (Wildman–Crippen MR) is 38.8 cm³/mol. The van der Waals surface area contributed by atoms with Crippen LogP contribution in [0.15, 0.2) is 18.2 Å². The molecule has 0 saturated carbocycles. The van der Waals surface area contributed by atoms with Gasteiger partial charge in [0.15, 0.2) is 5.82 Å². The first-order chi connectivity index (χ1) is 6.09. The third-order valence-electron chi connectivity index (χ3n) is 1.14. The zero-order chi connectivity index (χ0) is 9.84. The molecule has 0 unspecified atom stereocenters. The van der Waals surface area contributed by atoms with Gasteiger partial charge in [-0.25, -0.2) is 13.6 Å². The maximum Gasteiger partial charge on any atom is 0.352 e. The topological polar surface area (TPSA) is 35.5 Å². The molecule has 0 aromatic heterocycles. The lowest BCUT2D eigenvalue weighted by Crippen LogP contribution is -2.04. The molecule has 0 aliphatic rings. The summed E-state index contributed by atoms with van der Waals surface area (Å²) in [7, 11) is 0. The van der Waals surface area contributed by atoms with Gasteiger partial charge >= 0.3 is 5.97 Å². The molecule has 0 radical (unpaired) electrons. The summed E-state index contributed by atoms with van der Waals surface area (Å²) in [6.07, 6.45) is 0. The molecule has 70 valence electrons. The van der Waals surface area contributed by atoms with Crippen molar-refractivity contribution in [1.82, 2.24) is 0 Å². The molecule has 0 saturated heterocycles. The van der Waals surface area contributed by atoms with E-state index < -0.39 is 17.6 Å². The van der Waals surface area contributed by atoms with Crippen molar-refractivity contribution in [1.29, 1.82) is 0 Å². The van der Waals surface area contributed by atoms with Gasteiger partial charge in [0.25, 0.3) is 0 Å². The number of rotatable bonds is 2. The minimum atomic E-state index is -0.929. The van der Waals surface area contributed by atoms with E-state index in [-0.39, 0.29) is 5.75 Å². The average Bonchev–Trinajstić information content (AvgIpc) is 2.02. The van der Waals surface area contributed by atoms with Crippen molar-refractivity contribution >= 4 is 5.97 Å². The minimum absolute atomic E-state index is 0.336. The molecule has 3 nitrogen and oxygen atoms in total. The van der Waals surface area contributed by atoms with Crippen LogP contribution in [0.5, 0.6) is 5.75 Å². The number of carbonyl (C=O) groups excluding carboxylic acids is 1. The van der Waals surface area contributed by atoms with E-state index in [1.165, 1.54) is 0 Å². The van der Waals surface area contributed by atoms with Crippen LogP contribution < -0.4 is 4.89 Å². The van der Waals surface area contributed by atoms with Crippen molar-refractivity contribution in [3.8, 4) is 5.75 Å². The molecule has 0 amide bonds. The van der Waals surface area contributed by atoms with Gasteiger partial charge in [-0.15, -0.1) is 0 Å². The summed E-state index contributed by atoms with van der Waals surface area (Å²) in [5.74, 6) is -2.71. The number of benzene rings is 1. The molecular weight excluding hydrogens is 182 g/mol. The van der Waals surface area contributed by atoms with Gasteiger partial charge in [0.1, 0.15) is 5.82 Å². The van der Waals surface area contributed by atoms with Gasteiger partial charge < -0.3 is 0 Å². The Hall–Kier alpha value is -1.65. The number of carbonyl (C=O) groups is 1. The Morgan fingerprint density at radius 1 is 1.38 bits per heavy atom. The normalized spacial score (nSPS) is 9.46. The van der Waals surface area contributed by atoms with E-state index in [2.05, 4.69) is 9.78 Å². The quantitative estimate of drug-likeness (QED) is 0.524. The summed E-state index contributed by atoms with van der Waals surface area (Å²) in [5, 5.41) is 0. The summed E-state index contributed by atoms with van der Waals surface area (Å²) >= 11 is 0. The summed E-state index contributed by atoms with van der Waals surface area (Å²) in [6, 6.07) is 2.63. The van der Waals surface area contributed by atoms with Gasteiger partial charge in [0, 0.05) is 13.0 Å². The zero-order valence-corrected chi connectivity index (χ0v) is 6.71. The van der Waals surface area contributed by atoms with Crippen LogP contribution in [0.25, 0.3) is 0 Å². The van der Waals surface area contributed by atoms with Crippen LogP contribution in [-0.4, -0.2) is 5.97 Å². The Labute approximate surface area is 72.8 Å². The van der Waals surface area contributed by atoms with Crippen molar-refractivity contribution in [2.24, 2.45) is 0 Å². The van der Waals surface area contributed by atoms with Crippen molar-refractivity contribution in [2.45, 2.75) is 6.92 Å². The van der Waals surface area contributed by atoms with Gasteiger partial charge in [-0.3, -0.25) is 9.78 Å². The lowest BCUT2D eigenvalue weighted by Gasteiger charge is -2.02. The highest BCUT2D eigenvalue weighted by atomic mass is 19.1. The number of hydrogen-bond acceptors (Lipinski definition) is 3. The summed E-state index contributed by atoms with van der Waals surface area (Å²) < 4.78 is 25.1. The van der Waals surface area contributed by atoms with Crippen molar-refractivity contribution < 1.29 is 23.4 Å². The maximum atomic E-state index is 12.7. The van der Waals surface area contributed by atoms with E-state index >= 15 is 0 Å². The molecule has 0 aliphatic carbocycles. The minimum Gasteiger partial charge on any atom is -0.284 e. The van der Waals surface area contributed by atoms with Crippen LogP contribution in [0.3, 0.4) is 0 Å². The molecular formula is C8H6F2O3. The van der Waals surface area contributed by atoms with E-state index in [0.717, 1.165) is 19.1 Å². The lowest BCUT2D eigenvalue weighted by molar-refractivity contribution is -0.211. The van der Waals surface area contributed by atoms with Crippen LogP contribution in [-0.2, 0) is 9.68 Å². The van der Waals surface area contributed by atoms with Gasteiger partial charge in [0.2, 0.25) is 5.75 Å². The molecule has 0 bridgehead atoms. The largest absolute Gasteiger partial charge is 0.352 e. The summed E-state index contributed by atoms with van der Waals surface area (Å²) in [6.45, 7) is 1.10. The molecule has 0 heterocycles. The fraction of sp³-hybridized carbons (Fsp3) is 0.125. The highest BCUT2D eigenvalue weighted by Gasteiger charge is 2.06. The molecule has 1 aromatic carbocycles. The molecule has 0 N–H and O–H groups in total. The Morgan fingerprint density at radius 3 is 2.62 bits per heavy atom. The first-order valence-corrected chi connectivity index (χ1v) is 3.40. The van der Waals surface area contributed by atoms with Crippen LogP contribution in [0.4, 0.5) is 8.78 Å². The Bertz CT molecular complexity index is 325. The molecule has 0 atom stereocenters. The van der Waals surface area contributed by atoms with E-state index in [0.29, 0.717) is 6.07 Å². The van der Waals surface area contributed by atoms with Crippen molar-refractivity contribution in [3.63, 3.8) is 0 Å². The molecule has 1 rings (SSSR count). The highest BCUT2D eigenvalue weighted by Crippen LogP contribution is 2.17. The Kier molecular flexibility index (Phi) is 2.79. The summed E-state index contributed by atoms with van der Waals surface area (Å²) in [4.78, 5) is 18.6. The van der Waals surface area contributed by atoms with Gasteiger partial charge in [-0.1, -0.05) is 0 Å². The Balaban J connectivity index is 2.72. The third kappa shape index (κ3) is 2.70. The van der Waals surface area contributed by atoms with Crippen molar-refractivity contribution in [3.05, 3.63) is 29.8 Å². The maximum absolute atomic E-state index is 12.7. The lowest BCUT2D eigenvalue weighted by atomic mass is 10.3. The molecule has 0 spiro atoms. The second-order valence-electron chi connectivity index (χ2n) is 2.23. The average molecular weight is 188 g/mol. The van der Waals surface area contributed by atoms with Crippen LogP contribution in [0.1, 0.15) is 6.92 Å². The van der Waals surface area contributed by atoms with Gasteiger partial charge in [-0.05, 0) is 12.1 Å². The third-order valence-corrected chi connectivity index (χ3v) is 1.14. The Morgan fingerprint density at radius 2 is 2.08 bits per heavy atom. The molecule has 1 aromatic rings. The van der Waals surface area contributed by atoms with Crippen molar-refractivity contribution in [2.75, 3.05) is 0 Å². The van der Waals surface area contributed by atoms with Crippen LogP contribution in [0, 0.1) is 11.6 Å². The first kappa shape index (κ1) is 9.44. The van der Waals surface area contributed by atoms with Gasteiger partial charge in [0.05, 0.1) is 0 Å². The monoisotopic (exact) mass is 188 g/mol. The van der Waals surface area contributed by atoms with E-state index in [9.17, 15) is 13.6 Å². The smallest absolute Gasteiger partial charge is 0.284 e. The fourth-order valence-electron chi connectivity index (χ4n) is 0.646. The predicted octanol–water partition coefficient (Wildman–Crippen LogP) is 1.82. The molecule has 13 heavy (non-hydrogen) atoms. The highest BCUT2D eigenvalue weighted by molar-refractivity contribution is 5.65. The zero-order valence-electron chi connectivity index (χ0n) is 6.71. The molecule has 5 heteroatoms. The first-order valence-electron chi connectivity index (χ1n) is 3.40. The summed E-state index contributed by atoms with van der Waals surface area (Å²) in [5.41, 5.74) is 0. The van der Waals surface area contributed by atoms with E-state index in [4.69, 9.17) is 0 Å². The van der Waals surface area contributed by atoms with E-state index in [1.807, 2.05) is 0 Å². The van der Waals surface area contributed by atoms with Crippen LogP contribution in [0.2, 0.25) is 0 Å². The second-order valence-corrected chi connectivity index (χ2v) is 2.23. The van der Waals surface area contributed by atoms with Gasteiger partial charge in [-0.2, -0.15) is 0 Å². The van der Waals surface area contributed by atoms with E-state index in [1.54, 1.807) is 0 Å². The molecule has 0 fully saturated rings. The molecule has 0 aliphatic heterocycles. The fourth-order valence-corrected chi connectivity index (χ4v) is 0.646. The second kappa shape index (κ2) is 3.84. The number of hydrogen-bond donors (Lipinski definition) is 0.